The summed E-state index contributed by atoms with van der Waals surface area (Å²) in [6.07, 6.45) is 8.25. The van der Waals surface area contributed by atoms with Crippen LogP contribution < -0.4 is 4.74 Å². The maximum absolute atomic E-state index is 12.8. The van der Waals surface area contributed by atoms with E-state index in [0.29, 0.717) is 25.7 Å². The highest BCUT2D eigenvalue weighted by atomic mass is 28.4. The molecule has 4 rings (SSSR count). The molecule has 0 spiro atoms. The van der Waals surface area contributed by atoms with Gasteiger partial charge in [-0.25, -0.2) is 4.79 Å². The van der Waals surface area contributed by atoms with Crippen molar-refractivity contribution in [3.05, 3.63) is 58.2 Å². The third kappa shape index (κ3) is 7.69. The number of benzene rings is 1. The van der Waals surface area contributed by atoms with E-state index in [0.717, 1.165) is 12.0 Å². The predicted octanol–water partition coefficient (Wildman–Crippen LogP) is 7.76. The van der Waals surface area contributed by atoms with Crippen molar-refractivity contribution in [2.45, 2.75) is 103 Å². The standard InChI is InChI=1S/C32H45NO8Si/c1-20-16-22-9-8-21(2)27(15-14-25-18-26(19-29(34)38-25)41-42(6,7)32(3,4)5)30(22)28(17-20)40-31(35)39-24-12-10-23(11-13-24)33(36)37/h8-13,16,20-21,25-28,30H,14-15,17-19H2,1-7H3/t20-,21-,25+,26+,27-,28-,30-/m0/s1. The van der Waals surface area contributed by atoms with E-state index in [-0.39, 0.29) is 64.4 Å². The van der Waals surface area contributed by atoms with Crippen LogP contribution in [0.1, 0.15) is 66.7 Å². The highest BCUT2D eigenvalue weighted by Crippen LogP contribution is 2.45. The van der Waals surface area contributed by atoms with Gasteiger partial charge in [0.05, 0.1) is 17.4 Å². The number of non-ortho nitro benzene ring substituents is 1. The molecule has 1 aromatic carbocycles. The largest absolute Gasteiger partial charge is 0.514 e. The topological polar surface area (TPSA) is 114 Å². The fourth-order valence-electron chi connectivity index (χ4n) is 6.18. The van der Waals surface area contributed by atoms with Crippen LogP contribution in [0.25, 0.3) is 0 Å². The molecule has 1 aliphatic heterocycles. The van der Waals surface area contributed by atoms with E-state index in [1.54, 1.807) is 0 Å². The van der Waals surface area contributed by atoms with E-state index in [1.807, 2.05) is 0 Å². The highest BCUT2D eigenvalue weighted by molar-refractivity contribution is 6.74. The Morgan fingerprint density at radius 1 is 1.12 bits per heavy atom. The van der Waals surface area contributed by atoms with Gasteiger partial charge in [0, 0.05) is 24.5 Å². The molecule has 0 aromatic heterocycles. The number of cyclic esters (lactones) is 1. The van der Waals surface area contributed by atoms with Crippen LogP contribution >= 0.6 is 0 Å². The van der Waals surface area contributed by atoms with Gasteiger partial charge < -0.3 is 18.6 Å². The number of nitro groups is 1. The summed E-state index contributed by atoms with van der Waals surface area (Å²) < 4.78 is 23.7. The first-order valence-corrected chi connectivity index (χ1v) is 17.9. The zero-order valence-corrected chi connectivity index (χ0v) is 26.8. The van der Waals surface area contributed by atoms with Gasteiger partial charge in [-0.3, -0.25) is 14.9 Å². The second-order valence-corrected chi connectivity index (χ2v) is 18.4. The van der Waals surface area contributed by atoms with Gasteiger partial charge in [0.2, 0.25) is 0 Å². The molecule has 0 radical (unpaired) electrons. The fraction of sp³-hybridized carbons (Fsp3) is 0.625. The lowest BCUT2D eigenvalue weighted by Crippen LogP contribution is -2.47. The summed E-state index contributed by atoms with van der Waals surface area (Å²) in [4.78, 5) is 35.8. The average molecular weight is 600 g/mol. The van der Waals surface area contributed by atoms with Gasteiger partial charge in [-0.1, -0.05) is 52.8 Å². The van der Waals surface area contributed by atoms with E-state index in [1.165, 1.54) is 24.3 Å². The number of esters is 1. The van der Waals surface area contributed by atoms with Crippen LogP contribution in [-0.4, -0.2) is 43.7 Å². The van der Waals surface area contributed by atoms with Gasteiger partial charge >= 0.3 is 12.1 Å². The third-order valence-electron chi connectivity index (χ3n) is 9.40. The molecule has 0 unspecified atom stereocenters. The van der Waals surface area contributed by atoms with E-state index in [2.05, 4.69) is 65.9 Å². The Hall–Kier alpha value is -2.98. The minimum absolute atomic E-state index is 0.0100. The minimum atomic E-state index is -2.02. The lowest BCUT2D eigenvalue weighted by Gasteiger charge is -2.43. The van der Waals surface area contributed by atoms with E-state index >= 15 is 0 Å². The van der Waals surface area contributed by atoms with Crippen LogP contribution in [0.2, 0.25) is 18.1 Å². The maximum Gasteiger partial charge on any atom is 0.514 e. The first-order valence-electron chi connectivity index (χ1n) is 15.0. The molecule has 3 aliphatic rings. The molecule has 0 amide bonds. The number of allylic oxidation sites excluding steroid dienone is 3. The van der Waals surface area contributed by atoms with Crippen molar-refractivity contribution in [1.82, 2.24) is 0 Å². The van der Waals surface area contributed by atoms with Gasteiger partial charge in [0.25, 0.3) is 5.69 Å². The summed E-state index contributed by atoms with van der Waals surface area (Å²) in [6, 6.07) is 5.34. The Balaban J connectivity index is 1.43. The second-order valence-electron chi connectivity index (χ2n) is 13.7. The number of nitro benzene ring substituents is 1. The number of carbonyl (C=O) groups excluding carboxylic acids is 2. The normalized spacial score (nSPS) is 29.6. The molecule has 42 heavy (non-hydrogen) atoms. The lowest BCUT2D eigenvalue weighted by atomic mass is 9.65. The molecule has 230 valence electrons. The van der Waals surface area contributed by atoms with Gasteiger partial charge in [-0.05, 0) is 72.9 Å². The molecule has 1 aromatic rings. The summed E-state index contributed by atoms with van der Waals surface area (Å²) >= 11 is 0. The zero-order chi connectivity index (χ0) is 30.8. The number of hydrogen-bond donors (Lipinski definition) is 0. The summed E-state index contributed by atoms with van der Waals surface area (Å²) in [5.41, 5.74) is 1.07. The molecule has 10 heteroatoms. The zero-order valence-electron chi connectivity index (χ0n) is 25.8. The van der Waals surface area contributed by atoms with Crippen molar-refractivity contribution in [1.29, 1.82) is 0 Å². The third-order valence-corrected chi connectivity index (χ3v) is 13.9. The average Bonchev–Trinajstić information content (AvgIpc) is 2.87. The van der Waals surface area contributed by atoms with Crippen LogP contribution in [0, 0.1) is 33.8 Å². The summed E-state index contributed by atoms with van der Waals surface area (Å²) in [7, 11) is -2.02. The smallest absolute Gasteiger partial charge is 0.462 e. The molecule has 2 aliphatic carbocycles. The van der Waals surface area contributed by atoms with Gasteiger partial charge in [0.1, 0.15) is 18.0 Å². The molecule has 0 bridgehead atoms. The van der Waals surface area contributed by atoms with Crippen molar-refractivity contribution in [3.8, 4) is 5.75 Å². The highest BCUT2D eigenvalue weighted by Gasteiger charge is 2.44. The molecule has 0 N–H and O–H groups in total. The Bertz CT molecular complexity index is 1220. The Morgan fingerprint density at radius 3 is 2.45 bits per heavy atom. The van der Waals surface area contributed by atoms with E-state index < -0.39 is 19.4 Å². The van der Waals surface area contributed by atoms with Crippen LogP contribution in [0.3, 0.4) is 0 Å². The Labute approximate surface area is 249 Å². The number of hydrogen-bond acceptors (Lipinski definition) is 8. The number of nitrogens with zero attached hydrogens (tertiary/aromatic N) is 1. The monoisotopic (exact) mass is 599 g/mol. The number of fused-ring (bicyclic) bond motifs is 1. The predicted molar refractivity (Wildman–Crippen MR) is 162 cm³/mol. The first-order chi connectivity index (χ1) is 19.6. The number of rotatable bonds is 8. The molecular weight excluding hydrogens is 554 g/mol. The van der Waals surface area contributed by atoms with Crippen molar-refractivity contribution >= 4 is 26.1 Å². The molecule has 1 saturated heterocycles. The van der Waals surface area contributed by atoms with Gasteiger partial charge in [-0.15, -0.1) is 0 Å². The Kier molecular flexibility index (Phi) is 9.67. The number of carbonyl (C=O) groups is 2. The summed E-state index contributed by atoms with van der Waals surface area (Å²) in [5.74, 6) is 0.632. The minimum Gasteiger partial charge on any atom is -0.462 e. The van der Waals surface area contributed by atoms with Crippen LogP contribution in [-0.2, 0) is 18.7 Å². The first kappa shape index (κ1) is 31.9. The van der Waals surface area contributed by atoms with E-state index in [9.17, 15) is 19.7 Å². The summed E-state index contributed by atoms with van der Waals surface area (Å²) in [5, 5.41) is 11.0. The van der Waals surface area contributed by atoms with Crippen LogP contribution in [0.5, 0.6) is 5.75 Å². The van der Waals surface area contributed by atoms with Crippen molar-refractivity contribution in [2.75, 3.05) is 0 Å². The van der Waals surface area contributed by atoms with Crippen molar-refractivity contribution < 1.29 is 33.1 Å². The molecule has 1 heterocycles. The van der Waals surface area contributed by atoms with Crippen molar-refractivity contribution in [3.63, 3.8) is 0 Å². The summed E-state index contributed by atoms with van der Waals surface area (Å²) in [6.45, 7) is 15.3. The van der Waals surface area contributed by atoms with E-state index in [4.69, 9.17) is 18.6 Å². The molecule has 9 nitrogen and oxygen atoms in total. The SMILES string of the molecule is C[C@H]1C=C2C=C[C@H](C)[C@H](CC[C@@H]3C[C@@H](O[Si](C)(C)C(C)(C)C)CC(=O)O3)[C@H]2[C@@H](OC(=O)Oc2ccc([N+](=O)[O-])cc2)C1. The van der Waals surface area contributed by atoms with Gasteiger partial charge in [0.15, 0.2) is 8.32 Å². The lowest BCUT2D eigenvalue weighted by molar-refractivity contribution is -0.384. The van der Waals surface area contributed by atoms with Crippen molar-refractivity contribution in [2.24, 2.45) is 23.7 Å². The van der Waals surface area contributed by atoms with Gasteiger partial charge in [-0.2, -0.15) is 0 Å². The molecular formula is C32H45NO8Si. The van der Waals surface area contributed by atoms with Crippen LogP contribution in [0.4, 0.5) is 10.5 Å². The molecule has 0 saturated carbocycles. The Morgan fingerprint density at radius 2 is 1.81 bits per heavy atom. The number of ether oxygens (including phenoxy) is 3. The van der Waals surface area contributed by atoms with Crippen LogP contribution in [0.15, 0.2) is 48.1 Å². The second kappa shape index (κ2) is 12.7. The molecule has 7 atom stereocenters. The fourth-order valence-corrected chi connectivity index (χ4v) is 7.55. The maximum atomic E-state index is 12.8. The molecule has 1 fully saturated rings. The quantitative estimate of drug-likeness (QED) is 0.0979.